The molecule has 0 heterocycles. The summed E-state index contributed by atoms with van der Waals surface area (Å²) in [5.41, 5.74) is 11.4. The molecule has 4 N–H and O–H groups in total. The molecule has 3 aromatic carbocycles. The Labute approximate surface area is 174 Å². The van der Waals surface area contributed by atoms with Crippen LogP contribution in [0.5, 0.6) is 0 Å². The summed E-state index contributed by atoms with van der Waals surface area (Å²) in [6.45, 7) is 1.47. The molecule has 0 radical (unpaired) electrons. The number of aryl methyl sites for hydroxylation is 1. The molecule has 0 amide bonds. The first-order chi connectivity index (χ1) is 14.2. The largest absolute Gasteiger partial charge is 0.397 e. The van der Waals surface area contributed by atoms with Crippen LogP contribution in [0.4, 0.5) is 17.1 Å². The van der Waals surface area contributed by atoms with Crippen molar-refractivity contribution in [2.75, 3.05) is 16.7 Å². The van der Waals surface area contributed by atoms with E-state index in [1.807, 2.05) is 0 Å². The van der Waals surface area contributed by atoms with Gasteiger partial charge >= 0.3 is 20.2 Å². The quantitative estimate of drug-likeness (QED) is 0.350. The first-order valence-electron chi connectivity index (χ1n) is 8.58. The molecule has 3 rings (SSSR count). The molecule has 0 spiro atoms. The van der Waals surface area contributed by atoms with Crippen molar-refractivity contribution in [3.63, 3.8) is 0 Å². The molecule has 0 saturated heterocycles. The maximum absolute atomic E-state index is 12.6. The van der Waals surface area contributed by atoms with Crippen LogP contribution < -0.4 is 16.7 Å². The number of benzene rings is 3. The second kappa shape index (κ2) is 8.71. The van der Waals surface area contributed by atoms with Crippen molar-refractivity contribution in [2.24, 2.45) is 0 Å². The smallest absolute Gasteiger partial charge is 0.319 e. The Hall–Kier alpha value is -3.12. The highest BCUT2D eigenvalue weighted by Gasteiger charge is 2.26. The molecule has 9 nitrogen and oxygen atoms in total. The van der Waals surface area contributed by atoms with E-state index in [4.69, 9.17) is 14.3 Å². The highest BCUT2D eigenvalue weighted by atomic mass is 32.2. The number of nitrogens with two attached hydrogens (primary N) is 1. The van der Waals surface area contributed by atoms with E-state index in [1.165, 1.54) is 13.0 Å². The highest BCUT2D eigenvalue weighted by Crippen LogP contribution is 2.29. The Morgan fingerprint density at radius 3 is 1.70 bits per heavy atom. The van der Waals surface area contributed by atoms with E-state index in [1.54, 1.807) is 60.7 Å². The van der Waals surface area contributed by atoms with E-state index in [0.717, 1.165) is 6.07 Å². The summed E-state index contributed by atoms with van der Waals surface area (Å²) in [4.78, 5) is -0.910. The predicted octanol–water partition coefficient (Wildman–Crippen LogP) is 3.04. The van der Waals surface area contributed by atoms with E-state index in [2.05, 4.69) is 11.0 Å². The minimum absolute atomic E-state index is 0.139. The minimum atomic E-state index is -4.44. The van der Waals surface area contributed by atoms with Gasteiger partial charge in [0, 0.05) is 0 Å². The van der Waals surface area contributed by atoms with Gasteiger partial charge in [-0.05, 0) is 48.9 Å². The molecule has 0 fully saturated rings. The fraction of sp³-hybridized carbons (Fsp3) is 0.0526. The van der Waals surface area contributed by atoms with Crippen molar-refractivity contribution in [2.45, 2.75) is 16.7 Å². The van der Waals surface area contributed by atoms with E-state index in [9.17, 15) is 16.8 Å². The lowest BCUT2D eigenvalue weighted by Gasteiger charge is -2.13. The third kappa shape index (κ3) is 5.07. The number of anilines is 3. The van der Waals surface area contributed by atoms with Gasteiger partial charge in [0.05, 0.1) is 22.0 Å². The van der Waals surface area contributed by atoms with E-state index < -0.39 is 30.0 Å². The Morgan fingerprint density at radius 2 is 1.20 bits per heavy atom. The molecule has 0 saturated carbocycles. The first kappa shape index (κ1) is 21.6. The number of nitrogen functional groups attached to an aromatic ring is 1. The fourth-order valence-corrected chi connectivity index (χ4v) is 4.35. The molecule has 0 unspecified atom stereocenters. The Morgan fingerprint density at radius 1 is 0.733 bits per heavy atom. The number of para-hydroxylation sites is 2. The van der Waals surface area contributed by atoms with Crippen LogP contribution in [0.2, 0.25) is 0 Å². The van der Waals surface area contributed by atoms with Gasteiger partial charge in [-0.15, -0.1) is 8.57 Å². The van der Waals surface area contributed by atoms with Gasteiger partial charge < -0.3 is 5.73 Å². The number of hydrogen-bond acceptors (Lipinski definition) is 9. The third-order valence-corrected chi connectivity index (χ3v) is 6.26. The van der Waals surface area contributed by atoms with Gasteiger partial charge in [0.1, 0.15) is 4.90 Å². The zero-order valence-electron chi connectivity index (χ0n) is 15.8. The van der Waals surface area contributed by atoms with E-state index in [0.29, 0.717) is 11.4 Å². The molecular formula is C19H19N3O6S2. The maximum Gasteiger partial charge on any atom is 0.319 e. The zero-order chi connectivity index (χ0) is 21.8. The molecular weight excluding hydrogens is 430 g/mol. The monoisotopic (exact) mass is 449 g/mol. The van der Waals surface area contributed by atoms with Crippen LogP contribution in [0.1, 0.15) is 5.56 Å². The molecule has 30 heavy (non-hydrogen) atoms. The summed E-state index contributed by atoms with van der Waals surface area (Å²) in [5, 5.41) is 0. The first-order valence-corrected chi connectivity index (χ1v) is 11.4. The number of nitrogens with one attached hydrogen (secondary N) is 2. The van der Waals surface area contributed by atoms with Gasteiger partial charge in [0.2, 0.25) is 0 Å². The molecule has 0 atom stereocenters. The third-order valence-electron chi connectivity index (χ3n) is 3.97. The van der Waals surface area contributed by atoms with Crippen molar-refractivity contribution < 1.29 is 25.4 Å². The lowest BCUT2D eigenvalue weighted by Crippen LogP contribution is -2.17. The molecule has 0 bridgehead atoms. The van der Waals surface area contributed by atoms with Crippen LogP contribution >= 0.6 is 0 Å². The molecule has 158 valence electrons. The Kier molecular flexibility index (Phi) is 6.27. The number of hydrogen-bond donors (Lipinski definition) is 3. The predicted molar refractivity (Wildman–Crippen MR) is 112 cm³/mol. The van der Waals surface area contributed by atoms with Crippen LogP contribution in [0, 0.1) is 6.92 Å². The SMILES string of the molecule is Cc1cc(S(=O)(=O)ONc2ccccc2)cc(S(=O)(=O)ONc2ccccc2)c1N. The summed E-state index contributed by atoms with van der Waals surface area (Å²) in [5.74, 6) is 0. The van der Waals surface area contributed by atoms with Crippen molar-refractivity contribution in [3.05, 3.63) is 78.4 Å². The summed E-state index contributed by atoms with van der Waals surface area (Å²) in [7, 11) is -8.79. The molecule has 3 aromatic rings. The average Bonchev–Trinajstić information content (AvgIpc) is 2.74. The van der Waals surface area contributed by atoms with Crippen molar-refractivity contribution >= 4 is 37.3 Å². The van der Waals surface area contributed by atoms with Crippen LogP contribution in [-0.2, 0) is 28.8 Å². The highest BCUT2D eigenvalue weighted by molar-refractivity contribution is 7.87. The Bertz CT molecular complexity index is 1230. The maximum atomic E-state index is 12.6. The van der Waals surface area contributed by atoms with Gasteiger partial charge in [-0.3, -0.25) is 0 Å². The van der Waals surface area contributed by atoms with Crippen LogP contribution in [0.25, 0.3) is 0 Å². The summed E-state index contributed by atoms with van der Waals surface area (Å²) >= 11 is 0. The second-order valence-electron chi connectivity index (χ2n) is 6.16. The topological polar surface area (TPSA) is 137 Å². The van der Waals surface area contributed by atoms with Crippen LogP contribution in [0.15, 0.2) is 82.6 Å². The van der Waals surface area contributed by atoms with Gasteiger partial charge in [-0.25, -0.2) is 11.0 Å². The van der Waals surface area contributed by atoms with Gasteiger partial charge in [-0.2, -0.15) is 16.8 Å². The average molecular weight is 450 g/mol. The summed E-state index contributed by atoms with van der Waals surface area (Å²) in [6, 6.07) is 18.7. The molecule has 0 aliphatic heterocycles. The molecule has 0 aliphatic rings. The van der Waals surface area contributed by atoms with Crippen LogP contribution in [-0.4, -0.2) is 16.8 Å². The van der Waals surface area contributed by atoms with Crippen molar-refractivity contribution in [1.82, 2.24) is 0 Å². The summed E-state index contributed by atoms with van der Waals surface area (Å²) < 4.78 is 60.0. The normalized spacial score (nSPS) is 11.8. The summed E-state index contributed by atoms with van der Waals surface area (Å²) in [6.07, 6.45) is 0. The molecule has 0 aromatic heterocycles. The second-order valence-corrected chi connectivity index (χ2v) is 9.22. The Balaban J connectivity index is 1.87. The van der Waals surface area contributed by atoms with E-state index >= 15 is 0 Å². The molecule has 11 heteroatoms. The van der Waals surface area contributed by atoms with Gasteiger partial charge in [0.25, 0.3) is 0 Å². The van der Waals surface area contributed by atoms with Crippen LogP contribution in [0.3, 0.4) is 0 Å². The number of rotatable bonds is 8. The fourth-order valence-electron chi connectivity index (χ4n) is 2.40. The minimum Gasteiger partial charge on any atom is -0.397 e. The van der Waals surface area contributed by atoms with Crippen molar-refractivity contribution in [3.8, 4) is 0 Å². The van der Waals surface area contributed by atoms with Crippen molar-refractivity contribution in [1.29, 1.82) is 0 Å². The molecule has 0 aliphatic carbocycles. The van der Waals surface area contributed by atoms with Gasteiger partial charge in [0.15, 0.2) is 0 Å². The van der Waals surface area contributed by atoms with Gasteiger partial charge in [-0.1, -0.05) is 36.4 Å². The zero-order valence-corrected chi connectivity index (χ0v) is 17.4. The lowest BCUT2D eigenvalue weighted by atomic mass is 10.2. The van der Waals surface area contributed by atoms with E-state index in [-0.39, 0.29) is 11.3 Å². The lowest BCUT2D eigenvalue weighted by molar-refractivity contribution is 0.389. The standard InChI is InChI=1S/C19H19N3O6S2/c1-14-12-17(29(23,24)27-21-15-8-4-2-5-9-15)13-18(19(14)20)30(25,26)28-22-16-10-6-3-7-11-16/h2-13,21-22H,20H2,1H3.